The summed E-state index contributed by atoms with van der Waals surface area (Å²) in [4.78, 5) is 32.3. The fourth-order valence-corrected chi connectivity index (χ4v) is 10.7. The molecule has 0 bridgehead atoms. The molecule has 0 unspecified atom stereocenters. The van der Waals surface area contributed by atoms with Crippen LogP contribution in [0.4, 0.5) is 14.9 Å². The van der Waals surface area contributed by atoms with Gasteiger partial charge in [0.2, 0.25) is 0 Å². The van der Waals surface area contributed by atoms with Crippen LogP contribution in [0.3, 0.4) is 0 Å². The molecule has 72 heavy (non-hydrogen) atoms. The molecule has 2 aromatic rings. The molecule has 1 amide bonds. The summed E-state index contributed by atoms with van der Waals surface area (Å²) in [6, 6.07) is 3.12. The van der Waals surface area contributed by atoms with Gasteiger partial charge in [-0.3, -0.25) is 9.69 Å². The van der Waals surface area contributed by atoms with Gasteiger partial charge in [0, 0.05) is 63.3 Å². The zero-order valence-corrected chi connectivity index (χ0v) is 44.2. The van der Waals surface area contributed by atoms with Gasteiger partial charge >= 0.3 is 12.1 Å². The molecule has 0 aliphatic carbocycles. The number of halogens is 1. The Morgan fingerprint density at radius 1 is 0.986 bits per heavy atom. The molecule has 408 valence electrons. The van der Waals surface area contributed by atoms with Crippen molar-refractivity contribution in [3.05, 3.63) is 35.9 Å². The Labute approximate surface area is 422 Å². The summed E-state index contributed by atoms with van der Waals surface area (Å²) in [5.41, 5.74) is -3.63. The molecular formula is C50H81FN6O15. The van der Waals surface area contributed by atoms with Gasteiger partial charge in [0.15, 0.2) is 24.1 Å². The number of carbonyl (C=O) groups is 2. The van der Waals surface area contributed by atoms with E-state index in [1.165, 1.54) is 38.2 Å². The van der Waals surface area contributed by atoms with Crippen LogP contribution < -0.4 is 9.64 Å². The lowest BCUT2D eigenvalue weighted by atomic mass is 9.79. The fraction of sp³-hybridized carbons (Fsp3) is 0.800. The van der Waals surface area contributed by atoms with E-state index in [2.05, 4.69) is 10.3 Å². The summed E-state index contributed by atoms with van der Waals surface area (Å²) in [6.07, 6.45) is -8.54. The molecule has 22 heteroatoms. The van der Waals surface area contributed by atoms with E-state index < -0.39 is 126 Å². The monoisotopic (exact) mass is 1020 g/mol. The largest absolute Gasteiger partial charge is 0.494 e. The SMILES string of the molecule is CC[C@H]1OC(=O)[C@H](C)[C@@H](O[C@H]2C[C@@](C)(OC)[C@@H](O)[C@H](C)O2)[C@H](C)[C@@H](O[C@@H]2O[C@H](C)C[C@H](N(C)CCc3cn(C[C@H]4CN(c5ccc(OC)c(F)c5)C(=O)O4)nn3)[C@H]2O)[C@](C)(O)CCN(C)[C@H](C)[C@@H](O)[C@]1(C)O. The second-order valence-electron chi connectivity index (χ2n) is 21.3. The maximum atomic E-state index is 14.4. The number of cyclic esters (lactones) is 2. The summed E-state index contributed by atoms with van der Waals surface area (Å²) in [7, 11) is 6.49. The van der Waals surface area contributed by atoms with E-state index in [4.69, 9.17) is 37.9 Å². The Morgan fingerprint density at radius 2 is 1.69 bits per heavy atom. The first-order chi connectivity index (χ1) is 33.7. The summed E-state index contributed by atoms with van der Waals surface area (Å²) in [6.45, 7) is 16.3. The van der Waals surface area contributed by atoms with Gasteiger partial charge in [0.1, 0.15) is 36.1 Å². The number of amides is 1. The zero-order valence-electron chi connectivity index (χ0n) is 44.2. The van der Waals surface area contributed by atoms with Crippen molar-refractivity contribution in [2.45, 2.75) is 197 Å². The summed E-state index contributed by atoms with van der Waals surface area (Å²) in [5, 5.41) is 67.9. The molecule has 1 aromatic heterocycles. The average molecular weight is 1030 g/mol. The Balaban J connectivity index is 1.20. The number of aliphatic hydroxyl groups is 5. The van der Waals surface area contributed by atoms with Crippen LogP contribution in [0, 0.1) is 17.7 Å². The van der Waals surface area contributed by atoms with Crippen LogP contribution in [0.25, 0.3) is 0 Å². The minimum atomic E-state index is -1.86. The van der Waals surface area contributed by atoms with Crippen LogP contribution in [0.15, 0.2) is 24.4 Å². The lowest BCUT2D eigenvalue weighted by Gasteiger charge is -2.49. The van der Waals surface area contributed by atoms with Gasteiger partial charge in [-0.15, -0.1) is 5.10 Å². The van der Waals surface area contributed by atoms with Gasteiger partial charge in [-0.2, -0.15) is 0 Å². The molecule has 5 heterocycles. The first-order valence-electron chi connectivity index (χ1n) is 25.2. The van der Waals surface area contributed by atoms with Gasteiger partial charge in [0.25, 0.3) is 0 Å². The van der Waals surface area contributed by atoms with Crippen molar-refractivity contribution in [2.75, 3.05) is 52.8 Å². The molecule has 4 saturated heterocycles. The molecular weight excluding hydrogens is 944 g/mol. The number of benzene rings is 1. The lowest BCUT2D eigenvalue weighted by molar-refractivity contribution is -0.318. The third kappa shape index (κ3) is 12.7. The number of likely N-dealkylation sites (N-methyl/N-ethyl adjacent to an activating group) is 2. The number of hydrogen-bond donors (Lipinski definition) is 5. The third-order valence-corrected chi connectivity index (χ3v) is 15.7. The van der Waals surface area contributed by atoms with E-state index in [1.54, 1.807) is 72.5 Å². The van der Waals surface area contributed by atoms with E-state index >= 15 is 0 Å². The van der Waals surface area contributed by atoms with E-state index in [-0.39, 0.29) is 44.6 Å². The van der Waals surface area contributed by atoms with Crippen molar-refractivity contribution in [3.63, 3.8) is 0 Å². The second-order valence-corrected chi connectivity index (χ2v) is 21.3. The van der Waals surface area contributed by atoms with Crippen molar-refractivity contribution >= 4 is 17.7 Å². The lowest BCUT2D eigenvalue weighted by Crippen LogP contribution is -2.62. The van der Waals surface area contributed by atoms with E-state index in [1.807, 2.05) is 23.8 Å². The smallest absolute Gasteiger partial charge is 0.414 e. The average Bonchev–Trinajstić information content (AvgIpc) is 3.95. The standard InChI is InChI=1S/C50H81FN6O15/c1-14-38-50(9,64)42(59)30(5)54(10)20-18-48(7,63)44(28(3)41(29(4)45(61)70-38)71-39-23-49(8,66-13)43(60)31(6)68-39)72-46-40(58)36(21-27(2)67-46)55(11)19-17-32-24-56(53-52-32)25-34-26-57(47(62)69-34)33-15-16-37(65-12)35(51)22-33/h15-16,22,24,27-31,34,36,38-44,46,58-60,63-64H,14,17-21,23,25-26H2,1-13H3/t27-,28+,29-,30-,31+,34+,36+,38-,39+,40-,41+,42-,43+,44-,46+,48-,49-,50-/m1/s1. The van der Waals surface area contributed by atoms with Crippen LogP contribution in [-0.4, -0.2) is 207 Å². The van der Waals surface area contributed by atoms with Crippen molar-refractivity contribution in [2.24, 2.45) is 11.8 Å². The van der Waals surface area contributed by atoms with E-state index in [0.717, 1.165) is 0 Å². The molecule has 0 spiro atoms. The van der Waals surface area contributed by atoms with E-state index in [0.29, 0.717) is 30.8 Å². The summed E-state index contributed by atoms with van der Waals surface area (Å²) >= 11 is 0. The van der Waals surface area contributed by atoms with Crippen molar-refractivity contribution < 1.29 is 77.4 Å². The molecule has 1 aromatic carbocycles. The first kappa shape index (κ1) is 57.6. The summed E-state index contributed by atoms with van der Waals surface area (Å²) < 4.78 is 64.5. The van der Waals surface area contributed by atoms with Crippen LogP contribution in [0.5, 0.6) is 5.75 Å². The maximum Gasteiger partial charge on any atom is 0.414 e. The fourth-order valence-electron chi connectivity index (χ4n) is 10.7. The Morgan fingerprint density at radius 3 is 2.35 bits per heavy atom. The number of rotatable bonds is 14. The van der Waals surface area contributed by atoms with Crippen LogP contribution >= 0.6 is 0 Å². The number of nitrogens with zero attached hydrogens (tertiary/aromatic N) is 6. The summed E-state index contributed by atoms with van der Waals surface area (Å²) in [5.74, 6) is -3.19. The van der Waals surface area contributed by atoms with Crippen LogP contribution in [-0.2, 0) is 50.9 Å². The number of ether oxygens (including phenoxy) is 8. The molecule has 18 atom stereocenters. The predicted molar refractivity (Wildman–Crippen MR) is 258 cm³/mol. The normalized spacial score (nSPS) is 39.9. The molecule has 6 rings (SSSR count). The number of anilines is 1. The van der Waals surface area contributed by atoms with Crippen LogP contribution in [0.2, 0.25) is 0 Å². The molecule has 4 fully saturated rings. The number of aromatic nitrogens is 3. The third-order valence-electron chi connectivity index (χ3n) is 15.7. The molecule has 4 aliphatic rings. The molecule has 0 radical (unpaired) electrons. The van der Waals surface area contributed by atoms with Gasteiger partial charge in [0.05, 0.1) is 73.1 Å². The highest BCUT2D eigenvalue weighted by atomic mass is 19.1. The number of hydrogen-bond acceptors (Lipinski definition) is 19. The number of esters is 1. The Kier molecular flexibility index (Phi) is 18.8. The number of methoxy groups -OCH3 is 2. The van der Waals surface area contributed by atoms with E-state index in [9.17, 15) is 39.5 Å². The maximum absolute atomic E-state index is 14.4. The predicted octanol–water partition coefficient (Wildman–Crippen LogP) is 2.64. The van der Waals surface area contributed by atoms with Gasteiger partial charge in [-0.05, 0) is 94.0 Å². The number of aliphatic hydroxyl groups excluding tert-OH is 3. The molecule has 21 nitrogen and oxygen atoms in total. The second kappa shape index (κ2) is 23.5. The van der Waals surface area contributed by atoms with Gasteiger partial charge in [-0.1, -0.05) is 19.1 Å². The van der Waals surface area contributed by atoms with Crippen molar-refractivity contribution in [1.29, 1.82) is 0 Å². The molecule has 5 N–H and O–H groups in total. The Hall–Kier alpha value is -3.65. The van der Waals surface area contributed by atoms with Crippen molar-refractivity contribution in [1.82, 2.24) is 24.8 Å². The molecule has 0 saturated carbocycles. The quantitative estimate of drug-likeness (QED) is 0.171. The van der Waals surface area contributed by atoms with Gasteiger partial charge in [-0.25, -0.2) is 13.9 Å². The minimum absolute atomic E-state index is 0.0638. The highest BCUT2D eigenvalue weighted by molar-refractivity contribution is 5.89. The van der Waals surface area contributed by atoms with Crippen LogP contribution in [0.1, 0.15) is 93.7 Å². The minimum Gasteiger partial charge on any atom is -0.494 e. The number of carbonyl (C=O) groups excluding carboxylic acids is 2. The first-order valence-corrected chi connectivity index (χ1v) is 25.2. The highest BCUT2D eigenvalue weighted by Gasteiger charge is 2.53. The molecule has 4 aliphatic heterocycles. The Bertz CT molecular complexity index is 2120. The highest BCUT2D eigenvalue weighted by Crippen LogP contribution is 2.40. The topological polar surface area (TPSA) is 250 Å². The van der Waals surface area contributed by atoms with Crippen molar-refractivity contribution in [3.8, 4) is 5.75 Å². The van der Waals surface area contributed by atoms with Gasteiger partial charge < -0.3 is 73.2 Å². The zero-order chi connectivity index (χ0) is 53.2.